The number of amides is 2. The van der Waals surface area contributed by atoms with Crippen molar-refractivity contribution in [2.24, 2.45) is 5.73 Å². The fraction of sp³-hybridized carbons (Fsp3) is 0.318. The third-order valence-corrected chi connectivity index (χ3v) is 16.3. The van der Waals surface area contributed by atoms with E-state index in [-0.39, 0.29) is 31.7 Å². The summed E-state index contributed by atoms with van der Waals surface area (Å²) in [4.78, 5) is 24.8. The van der Waals surface area contributed by atoms with Crippen molar-refractivity contribution >= 4 is 65.1 Å². The first-order valence-electron chi connectivity index (χ1n) is 19.7. The summed E-state index contributed by atoms with van der Waals surface area (Å²) in [7, 11) is -7.56. The number of ether oxygens (including phenoxy) is 1. The van der Waals surface area contributed by atoms with Crippen LogP contribution in [-0.2, 0) is 52.6 Å². The largest absolute Gasteiger partial charge is 0.377 e. The fourth-order valence-corrected chi connectivity index (χ4v) is 8.94. The predicted octanol–water partition coefficient (Wildman–Crippen LogP) is 4.58. The molecular formula is C44H48FN7O9S3. The first kappa shape index (κ1) is 47.8. The third-order valence-electron chi connectivity index (χ3n) is 11.6. The molecule has 4 aromatic carbocycles. The molecule has 0 bridgehead atoms. The highest BCUT2D eigenvalue weighted by atomic mass is 32.2. The predicted molar refractivity (Wildman–Crippen MR) is 241 cm³/mol. The van der Waals surface area contributed by atoms with Crippen molar-refractivity contribution in [2.75, 3.05) is 32.0 Å². The smallest absolute Gasteiger partial charge is 0.264 e. The SMILES string of the molecule is CSc1ccc(-c2ccc3nn(CC[C@](C)(C(=O)NO)S(C)(=O)=O)cc3c2)c(F)c1.C[C@@](CCn1cc2cc(C#Cc3ccc(C4(N)COC4)cc3)ccc2n1)(C(=O)NO)S(C)(=O)=O. The maximum absolute atomic E-state index is 14.5. The van der Waals surface area contributed by atoms with Crippen molar-refractivity contribution in [3.63, 3.8) is 0 Å². The summed E-state index contributed by atoms with van der Waals surface area (Å²) >= 11 is 1.47. The summed E-state index contributed by atoms with van der Waals surface area (Å²) in [5.74, 6) is 4.01. The average Bonchev–Trinajstić information content (AvgIpc) is 3.87. The molecule has 20 heteroatoms. The topological polar surface area (TPSA) is 238 Å². The third kappa shape index (κ3) is 10.2. The summed E-state index contributed by atoms with van der Waals surface area (Å²) in [6.45, 7) is 3.90. The van der Waals surface area contributed by atoms with Crippen molar-refractivity contribution in [3.05, 3.63) is 114 Å². The Hall–Kier alpha value is -5.66. The van der Waals surface area contributed by atoms with Crippen LogP contribution in [0.1, 0.15) is 43.4 Å². The van der Waals surface area contributed by atoms with Crippen LogP contribution in [-0.4, -0.2) is 100 Å². The van der Waals surface area contributed by atoms with Gasteiger partial charge in [0.1, 0.15) is 5.82 Å². The molecule has 0 saturated carbocycles. The molecule has 1 fully saturated rings. The van der Waals surface area contributed by atoms with Crippen LogP contribution in [0, 0.1) is 17.7 Å². The molecular weight excluding hydrogens is 886 g/mol. The molecule has 16 nitrogen and oxygen atoms in total. The lowest BCUT2D eigenvalue weighted by Gasteiger charge is -2.38. The van der Waals surface area contributed by atoms with Crippen molar-refractivity contribution < 1.29 is 46.0 Å². The number of thioether (sulfide) groups is 1. The van der Waals surface area contributed by atoms with Crippen molar-refractivity contribution in [1.29, 1.82) is 0 Å². The molecule has 2 atom stereocenters. The lowest BCUT2D eigenvalue weighted by Crippen LogP contribution is -2.54. The molecule has 6 N–H and O–H groups in total. The Kier molecular flexibility index (Phi) is 14.1. The van der Waals surface area contributed by atoms with Crippen LogP contribution in [0.3, 0.4) is 0 Å². The number of carbonyl (C=O) groups excluding carboxylic acids is 2. The second-order valence-corrected chi connectivity index (χ2v) is 21.8. The lowest BCUT2D eigenvalue weighted by atomic mass is 9.89. The van der Waals surface area contributed by atoms with Crippen LogP contribution < -0.4 is 16.7 Å². The first-order chi connectivity index (χ1) is 30.1. The van der Waals surface area contributed by atoms with E-state index in [1.54, 1.807) is 35.3 Å². The van der Waals surface area contributed by atoms with Gasteiger partial charge in [-0.2, -0.15) is 10.2 Å². The van der Waals surface area contributed by atoms with Gasteiger partial charge in [0.05, 0.1) is 29.8 Å². The summed E-state index contributed by atoms with van der Waals surface area (Å²) in [6.07, 6.45) is 7.16. The highest BCUT2D eigenvalue weighted by Gasteiger charge is 2.44. The molecule has 0 radical (unpaired) electrons. The molecule has 1 saturated heterocycles. The van der Waals surface area contributed by atoms with E-state index in [4.69, 9.17) is 20.9 Å². The van der Waals surface area contributed by atoms with Crippen LogP contribution in [0.25, 0.3) is 32.9 Å². The van der Waals surface area contributed by atoms with Gasteiger partial charge in [0, 0.05) is 70.4 Å². The minimum Gasteiger partial charge on any atom is -0.377 e. The number of nitrogens with two attached hydrogens (primary N) is 1. The van der Waals surface area contributed by atoms with Crippen molar-refractivity contribution in [2.45, 2.75) is 59.7 Å². The molecule has 338 valence electrons. The maximum atomic E-state index is 14.5. The quantitative estimate of drug-likeness (QED) is 0.0462. The van der Waals surface area contributed by atoms with E-state index in [0.717, 1.165) is 50.4 Å². The molecule has 64 heavy (non-hydrogen) atoms. The molecule has 6 aromatic rings. The molecule has 2 aromatic heterocycles. The van der Waals surface area contributed by atoms with E-state index in [1.165, 1.54) is 47.3 Å². The van der Waals surface area contributed by atoms with Gasteiger partial charge in [-0.1, -0.05) is 36.1 Å². The molecule has 7 rings (SSSR count). The Labute approximate surface area is 374 Å². The number of halogens is 1. The van der Waals surface area contributed by atoms with Crippen LogP contribution >= 0.6 is 11.8 Å². The minimum absolute atomic E-state index is 0.0505. The second-order valence-electron chi connectivity index (χ2n) is 16.0. The standard InChI is InChI=1S/C24H26N4O5S.C20H22FN3O4S2/c1-23(22(29)27-30,34(2,31)32)11-12-28-14-19-13-18(7-10-21(19)26-28)4-3-17-5-8-20(9-6-17)24(25)15-33-16-24;1-20(19(25)23-26,30(3,27)28)8-9-24-12-14-10-13(4-7-18(14)22-24)16-6-5-15(29-2)11-17(16)21/h5-10,13-14,30H,11-12,15-16,25H2,1-2H3,(H,27,29);4-7,10-12,26H,8-9H2,1-3H3,(H,23,25)/t23-;20-/m11/s1. The summed E-state index contributed by atoms with van der Waals surface area (Å²) < 4.78 is 67.7. The molecule has 2 amide bonds. The van der Waals surface area contributed by atoms with E-state index >= 15 is 0 Å². The number of rotatable bonds is 13. The Balaban J connectivity index is 0.000000214. The van der Waals surface area contributed by atoms with Gasteiger partial charge in [-0.25, -0.2) is 32.2 Å². The number of nitrogens with zero attached hydrogens (tertiary/aromatic N) is 4. The number of carbonyl (C=O) groups is 2. The van der Waals surface area contributed by atoms with E-state index in [2.05, 4.69) is 22.0 Å². The zero-order valence-electron chi connectivity index (χ0n) is 35.6. The Morgan fingerprint density at radius 1 is 0.797 bits per heavy atom. The summed E-state index contributed by atoms with van der Waals surface area (Å²) in [6, 6.07) is 23.9. The van der Waals surface area contributed by atoms with Gasteiger partial charge in [-0.3, -0.25) is 29.4 Å². The van der Waals surface area contributed by atoms with Gasteiger partial charge in [-0.15, -0.1) is 11.8 Å². The zero-order valence-corrected chi connectivity index (χ0v) is 38.1. The van der Waals surface area contributed by atoms with Crippen molar-refractivity contribution in [3.8, 4) is 23.0 Å². The minimum atomic E-state index is -3.79. The Bertz CT molecular complexity index is 3020. The molecule has 0 spiro atoms. The number of aromatic nitrogens is 4. The normalized spacial score (nSPS) is 15.4. The number of hydrogen-bond acceptors (Lipinski definition) is 13. The zero-order chi connectivity index (χ0) is 46.7. The number of nitrogens with one attached hydrogen (secondary N) is 2. The van der Waals surface area contributed by atoms with E-state index in [9.17, 15) is 30.8 Å². The maximum Gasteiger partial charge on any atom is 0.264 e. The molecule has 3 heterocycles. The monoisotopic (exact) mass is 933 g/mol. The summed E-state index contributed by atoms with van der Waals surface area (Å²) in [5.41, 5.74) is 14.0. The fourth-order valence-electron chi connectivity index (χ4n) is 6.83. The Morgan fingerprint density at radius 3 is 1.77 bits per heavy atom. The van der Waals surface area contributed by atoms with Gasteiger partial charge in [0.25, 0.3) is 11.8 Å². The number of benzene rings is 4. The number of hydrogen-bond donors (Lipinski definition) is 5. The number of fused-ring (bicyclic) bond motifs is 2. The molecule has 0 unspecified atom stereocenters. The van der Waals surface area contributed by atoms with Crippen LogP contribution in [0.4, 0.5) is 4.39 Å². The molecule has 1 aliphatic rings. The average molecular weight is 934 g/mol. The first-order valence-corrected chi connectivity index (χ1v) is 24.7. The van der Waals surface area contributed by atoms with Crippen molar-refractivity contribution in [1.82, 2.24) is 30.5 Å². The van der Waals surface area contributed by atoms with Gasteiger partial charge in [0.15, 0.2) is 29.2 Å². The molecule has 0 aliphatic carbocycles. The van der Waals surface area contributed by atoms with Crippen LogP contribution in [0.5, 0.6) is 0 Å². The van der Waals surface area contributed by atoms with Gasteiger partial charge in [0.2, 0.25) is 0 Å². The van der Waals surface area contributed by atoms with Gasteiger partial charge >= 0.3 is 0 Å². The number of aryl methyl sites for hydroxylation is 2. The number of hydroxylamine groups is 2. The Morgan fingerprint density at radius 2 is 1.30 bits per heavy atom. The van der Waals surface area contributed by atoms with Gasteiger partial charge < -0.3 is 10.5 Å². The lowest BCUT2D eigenvalue weighted by molar-refractivity contribution is -0.132. The van der Waals surface area contributed by atoms with E-state index in [1.807, 2.05) is 60.9 Å². The highest BCUT2D eigenvalue weighted by molar-refractivity contribution is 7.98. The number of sulfone groups is 2. The highest BCUT2D eigenvalue weighted by Crippen LogP contribution is 2.30. The second kappa shape index (κ2) is 18.8. The van der Waals surface area contributed by atoms with Crippen LogP contribution in [0.15, 0.2) is 96.2 Å². The van der Waals surface area contributed by atoms with E-state index < -0.39 is 46.5 Å². The summed E-state index contributed by atoms with van der Waals surface area (Å²) in [5, 5.41) is 28.3. The van der Waals surface area contributed by atoms with E-state index in [0.29, 0.717) is 29.9 Å². The molecule has 1 aliphatic heterocycles. The van der Waals surface area contributed by atoms with Crippen LogP contribution in [0.2, 0.25) is 0 Å². The van der Waals surface area contributed by atoms with Gasteiger partial charge in [-0.05, 0) is 98.7 Å².